The summed E-state index contributed by atoms with van der Waals surface area (Å²) in [6.07, 6.45) is -0.777. The molecule has 2 aliphatic heterocycles. The van der Waals surface area contributed by atoms with Crippen molar-refractivity contribution in [1.29, 1.82) is 0 Å². The van der Waals surface area contributed by atoms with Gasteiger partial charge in [0.25, 0.3) is 17.7 Å². The number of benzene rings is 2. The third-order valence-electron chi connectivity index (χ3n) is 4.50. The molecule has 1 atom stereocenters. The number of cyclic esters (lactones) is 1. The van der Waals surface area contributed by atoms with E-state index in [1.54, 1.807) is 36.4 Å². The average molecular weight is 350 g/mol. The van der Waals surface area contributed by atoms with Gasteiger partial charge in [-0.3, -0.25) is 19.3 Å². The van der Waals surface area contributed by atoms with Crippen molar-refractivity contribution in [3.8, 4) is 0 Å². The lowest BCUT2D eigenvalue weighted by Crippen LogP contribution is -2.44. The van der Waals surface area contributed by atoms with Crippen LogP contribution in [0.15, 0.2) is 54.6 Å². The van der Waals surface area contributed by atoms with Gasteiger partial charge in [-0.25, -0.2) is 9.69 Å². The van der Waals surface area contributed by atoms with E-state index in [0.29, 0.717) is 0 Å². The van der Waals surface area contributed by atoms with Crippen molar-refractivity contribution in [2.75, 3.05) is 13.2 Å². The maximum atomic E-state index is 12.7. The summed E-state index contributed by atoms with van der Waals surface area (Å²) in [5.41, 5.74) is 1.26. The summed E-state index contributed by atoms with van der Waals surface area (Å²) in [6.45, 7) is -0.471. The number of hydrogen-bond donors (Lipinski definition) is 0. The largest absolute Gasteiger partial charge is 0.446 e. The normalized spacial score (nSPS) is 18.9. The predicted molar refractivity (Wildman–Crippen MR) is 89.2 cm³/mol. The molecule has 2 aromatic rings. The Morgan fingerprint density at radius 2 is 1.50 bits per heavy atom. The van der Waals surface area contributed by atoms with Gasteiger partial charge in [-0.15, -0.1) is 0 Å². The van der Waals surface area contributed by atoms with Crippen LogP contribution in [-0.4, -0.2) is 46.8 Å². The summed E-state index contributed by atoms with van der Waals surface area (Å²) in [5, 5.41) is 0. The van der Waals surface area contributed by atoms with Crippen LogP contribution in [0.4, 0.5) is 4.79 Å². The second kappa shape index (κ2) is 6.11. The lowest BCUT2D eigenvalue weighted by molar-refractivity contribution is -0.129. The highest BCUT2D eigenvalue weighted by Crippen LogP contribution is 2.29. The molecule has 4 rings (SSSR count). The third-order valence-corrected chi connectivity index (χ3v) is 4.50. The number of imide groups is 2. The fraction of sp³-hybridized carbons (Fsp3) is 0.158. The highest BCUT2D eigenvalue weighted by Gasteiger charge is 2.42. The number of carbonyl (C=O) groups is 4. The standard InChI is InChI=1S/C19H14N2O5/c22-16(10-20-17(23)13-8-4-5-9-14(13)18(20)24)21-15(11-26-19(21)25)12-6-2-1-3-7-12/h1-9,15H,10-11H2. The smallest absolute Gasteiger partial charge is 0.417 e. The molecule has 4 amide bonds. The lowest BCUT2D eigenvalue weighted by Gasteiger charge is -2.22. The quantitative estimate of drug-likeness (QED) is 0.791. The number of rotatable bonds is 3. The summed E-state index contributed by atoms with van der Waals surface area (Å²) in [6, 6.07) is 14.8. The molecule has 1 saturated heterocycles. The zero-order chi connectivity index (χ0) is 18.3. The van der Waals surface area contributed by atoms with Crippen LogP contribution in [0.1, 0.15) is 32.3 Å². The Labute approximate surface area is 148 Å². The average Bonchev–Trinajstić information content (AvgIpc) is 3.16. The molecule has 0 aromatic heterocycles. The van der Waals surface area contributed by atoms with E-state index in [4.69, 9.17) is 4.74 Å². The van der Waals surface area contributed by atoms with Gasteiger partial charge in [0.2, 0.25) is 0 Å². The molecule has 0 N–H and O–H groups in total. The summed E-state index contributed by atoms with van der Waals surface area (Å²) >= 11 is 0. The van der Waals surface area contributed by atoms with Gasteiger partial charge < -0.3 is 4.74 Å². The number of ether oxygens (including phenoxy) is 1. The van der Waals surface area contributed by atoms with Crippen molar-refractivity contribution in [3.05, 3.63) is 71.3 Å². The first-order valence-corrected chi connectivity index (χ1v) is 8.07. The van der Waals surface area contributed by atoms with E-state index < -0.39 is 36.4 Å². The van der Waals surface area contributed by atoms with Crippen molar-refractivity contribution in [2.45, 2.75) is 6.04 Å². The summed E-state index contributed by atoms with van der Waals surface area (Å²) in [7, 11) is 0. The molecule has 7 nitrogen and oxygen atoms in total. The number of fused-ring (bicyclic) bond motifs is 1. The number of carbonyl (C=O) groups excluding carboxylic acids is 4. The van der Waals surface area contributed by atoms with Gasteiger partial charge >= 0.3 is 6.09 Å². The fourth-order valence-electron chi connectivity index (χ4n) is 3.21. The second-order valence-electron chi connectivity index (χ2n) is 6.01. The second-order valence-corrected chi connectivity index (χ2v) is 6.01. The molecule has 0 bridgehead atoms. The van der Waals surface area contributed by atoms with Crippen LogP contribution < -0.4 is 0 Å². The maximum absolute atomic E-state index is 12.7. The first kappa shape index (κ1) is 16.0. The predicted octanol–water partition coefficient (Wildman–Crippen LogP) is 2.00. The molecule has 0 aliphatic carbocycles. The highest BCUT2D eigenvalue weighted by atomic mass is 16.6. The molecule has 1 fully saturated rings. The van der Waals surface area contributed by atoms with Crippen LogP contribution in [0.25, 0.3) is 0 Å². The summed E-state index contributed by atoms with van der Waals surface area (Å²) in [5.74, 6) is -1.73. The summed E-state index contributed by atoms with van der Waals surface area (Å²) in [4.78, 5) is 51.4. The Kier molecular flexibility index (Phi) is 3.76. The van der Waals surface area contributed by atoms with Crippen molar-refractivity contribution in [1.82, 2.24) is 9.80 Å². The van der Waals surface area contributed by atoms with Crippen LogP contribution in [0.2, 0.25) is 0 Å². The molecular weight excluding hydrogens is 336 g/mol. The van der Waals surface area contributed by atoms with Gasteiger partial charge in [-0.05, 0) is 17.7 Å². The third kappa shape index (κ3) is 2.45. The zero-order valence-electron chi connectivity index (χ0n) is 13.6. The highest BCUT2D eigenvalue weighted by molar-refractivity contribution is 6.22. The molecule has 0 saturated carbocycles. The number of nitrogens with zero attached hydrogens (tertiary/aromatic N) is 2. The van der Waals surface area contributed by atoms with Gasteiger partial charge in [0.1, 0.15) is 19.2 Å². The Morgan fingerprint density at radius 1 is 0.923 bits per heavy atom. The molecule has 0 radical (unpaired) electrons. The minimum Gasteiger partial charge on any atom is -0.446 e. The van der Waals surface area contributed by atoms with Gasteiger partial charge in [-0.2, -0.15) is 0 Å². The molecule has 0 spiro atoms. The molecule has 7 heteroatoms. The van der Waals surface area contributed by atoms with Crippen LogP contribution in [0.5, 0.6) is 0 Å². The molecule has 130 valence electrons. The van der Waals surface area contributed by atoms with Crippen molar-refractivity contribution in [2.24, 2.45) is 0 Å². The Hall–Kier alpha value is -3.48. The van der Waals surface area contributed by atoms with Crippen LogP contribution in [-0.2, 0) is 9.53 Å². The number of amides is 4. The Morgan fingerprint density at radius 3 is 2.12 bits per heavy atom. The van der Waals surface area contributed by atoms with E-state index in [0.717, 1.165) is 15.4 Å². The van der Waals surface area contributed by atoms with Crippen LogP contribution >= 0.6 is 0 Å². The van der Waals surface area contributed by atoms with E-state index in [2.05, 4.69) is 0 Å². The lowest BCUT2D eigenvalue weighted by atomic mass is 10.1. The first-order valence-electron chi connectivity index (χ1n) is 8.07. The Bertz CT molecular complexity index is 890. The molecule has 2 aliphatic rings. The van der Waals surface area contributed by atoms with Gasteiger partial charge in [-0.1, -0.05) is 42.5 Å². The molecule has 2 heterocycles. The SMILES string of the molecule is O=C1c2ccccc2C(=O)N1CC(=O)N1C(=O)OCC1c1ccccc1. The van der Waals surface area contributed by atoms with E-state index in [-0.39, 0.29) is 17.7 Å². The minimum atomic E-state index is -0.777. The van der Waals surface area contributed by atoms with E-state index in [1.165, 1.54) is 12.1 Å². The van der Waals surface area contributed by atoms with E-state index in [9.17, 15) is 19.2 Å². The molecule has 2 aromatic carbocycles. The van der Waals surface area contributed by atoms with Crippen molar-refractivity contribution in [3.63, 3.8) is 0 Å². The van der Waals surface area contributed by atoms with Gasteiger partial charge in [0.15, 0.2) is 0 Å². The first-order chi connectivity index (χ1) is 12.6. The van der Waals surface area contributed by atoms with Gasteiger partial charge in [0.05, 0.1) is 11.1 Å². The fourth-order valence-corrected chi connectivity index (χ4v) is 3.21. The topological polar surface area (TPSA) is 84.0 Å². The Balaban J connectivity index is 1.57. The van der Waals surface area contributed by atoms with Crippen molar-refractivity contribution < 1.29 is 23.9 Å². The molecular formula is C19H14N2O5. The van der Waals surface area contributed by atoms with Crippen LogP contribution in [0, 0.1) is 0 Å². The maximum Gasteiger partial charge on any atom is 0.417 e. The zero-order valence-corrected chi connectivity index (χ0v) is 13.6. The minimum absolute atomic E-state index is 0.0384. The van der Waals surface area contributed by atoms with E-state index in [1.807, 2.05) is 6.07 Å². The number of hydrogen-bond acceptors (Lipinski definition) is 5. The van der Waals surface area contributed by atoms with E-state index >= 15 is 0 Å². The van der Waals surface area contributed by atoms with Crippen LogP contribution in [0.3, 0.4) is 0 Å². The van der Waals surface area contributed by atoms with Crippen molar-refractivity contribution >= 4 is 23.8 Å². The monoisotopic (exact) mass is 350 g/mol. The van der Waals surface area contributed by atoms with Gasteiger partial charge in [0, 0.05) is 0 Å². The summed E-state index contributed by atoms with van der Waals surface area (Å²) < 4.78 is 5.01. The molecule has 1 unspecified atom stereocenters. The molecule has 26 heavy (non-hydrogen) atoms.